The van der Waals surface area contributed by atoms with Crippen LogP contribution in [-0.2, 0) is 9.53 Å². The normalized spacial score (nSPS) is 12.0. The summed E-state index contributed by atoms with van der Waals surface area (Å²) in [7, 11) is 1.20. The maximum atomic E-state index is 13.6. The van der Waals surface area contributed by atoms with Crippen LogP contribution in [0, 0.1) is 11.6 Å². The van der Waals surface area contributed by atoms with Crippen molar-refractivity contribution in [2.75, 3.05) is 13.7 Å². The molecule has 20 heavy (non-hydrogen) atoms. The average Bonchev–Trinajstić information content (AvgIpc) is 2.44. The summed E-state index contributed by atoms with van der Waals surface area (Å²) in [4.78, 5) is 23.5. The molecule has 0 aliphatic rings. The fourth-order valence-electron chi connectivity index (χ4n) is 1.70. The predicted octanol–water partition coefficient (Wildman–Crippen LogP) is 2.08. The number of ether oxygens (including phenoxy) is 1. The number of nitrogens with one attached hydrogen (secondary N) is 1. The quantitative estimate of drug-likeness (QED) is 0.615. The number of rotatable bonds is 7. The zero-order valence-corrected chi connectivity index (χ0v) is 11.4. The largest absolute Gasteiger partial charge is 0.469 e. The molecule has 0 amide bonds. The Morgan fingerprint density at radius 2 is 2.05 bits per heavy atom. The van der Waals surface area contributed by atoms with Crippen molar-refractivity contribution in [1.29, 1.82) is 0 Å². The molecule has 1 rings (SSSR count). The van der Waals surface area contributed by atoms with Crippen LogP contribution in [0.2, 0.25) is 0 Å². The molecular formula is C14H17F2NO3. The van der Waals surface area contributed by atoms with Gasteiger partial charge in [-0.15, -0.1) is 0 Å². The van der Waals surface area contributed by atoms with Crippen molar-refractivity contribution in [1.82, 2.24) is 5.32 Å². The lowest BCUT2D eigenvalue weighted by Crippen LogP contribution is -2.39. The van der Waals surface area contributed by atoms with E-state index >= 15 is 0 Å². The van der Waals surface area contributed by atoms with Crippen molar-refractivity contribution < 1.29 is 23.1 Å². The van der Waals surface area contributed by atoms with E-state index in [0.717, 1.165) is 24.6 Å². The molecule has 0 radical (unpaired) electrons. The molecule has 110 valence electrons. The summed E-state index contributed by atoms with van der Waals surface area (Å²) in [5.41, 5.74) is -0.373. The molecule has 0 saturated heterocycles. The van der Waals surface area contributed by atoms with Crippen LogP contribution in [0.15, 0.2) is 18.2 Å². The first-order chi connectivity index (χ1) is 9.49. The standard InChI is InChI=1S/C14H17F2NO3/c1-3-6-17-12(8-13(18)20-2)14(19)10-7-9(15)4-5-11(10)16/h4-5,7,12,17H,3,6,8H2,1-2H3. The van der Waals surface area contributed by atoms with E-state index in [1.165, 1.54) is 7.11 Å². The minimum absolute atomic E-state index is 0.231. The van der Waals surface area contributed by atoms with E-state index in [4.69, 9.17) is 0 Å². The zero-order chi connectivity index (χ0) is 15.1. The Hall–Kier alpha value is -1.82. The van der Waals surface area contributed by atoms with Gasteiger partial charge in [-0.3, -0.25) is 9.59 Å². The molecule has 0 aliphatic carbocycles. The zero-order valence-electron chi connectivity index (χ0n) is 11.4. The highest BCUT2D eigenvalue weighted by molar-refractivity contribution is 6.02. The van der Waals surface area contributed by atoms with Crippen LogP contribution in [0.5, 0.6) is 0 Å². The molecular weight excluding hydrogens is 268 g/mol. The molecule has 0 aromatic heterocycles. The summed E-state index contributed by atoms with van der Waals surface area (Å²) in [5, 5.41) is 2.84. The molecule has 1 unspecified atom stereocenters. The Kier molecular flexibility index (Phi) is 6.24. The SMILES string of the molecule is CCCNC(CC(=O)OC)C(=O)c1cc(F)ccc1F. The maximum absolute atomic E-state index is 13.6. The van der Waals surface area contributed by atoms with E-state index in [1.807, 2.05) is 6.92 Å². The summed E-state index contributed by atoms with van der Waals surface area (Å²) in [6, 6.07) is 1.72. The number of ketones is 1. The van der Waals surface area contributed by atoms with Gasteiger partial charge in [-0.2, -0.15) is 0 Å². The van der Waals surface area contributed by atoms with E-state index in [2.05, 4.69) is 10.1 Å². The van der Waals surface area contributed by atoms with Crippen LogP contribution < -0.4 is 5.32 Å². The van der Waals surface area contributed by atoms with Gasteiger partial charge in [0.2, 0.25) is 0 Å². The Morgan fingerprint density at radius 3 is 2.65 bits per heavy atom. The molecule has 1 atom stereocenters. The Bertz CT molecular complexity index is 491. The highest BCUT2D eigenvalue weighted by Gasteiger charge is 2.25. The van der Waals surface area contributed by atoms with Crippen LogP contribution in [0.25, 0.3) is 0 Å². The number of methoxy groups -OCH3 is 1. The summed E-state index contributed by atoms with van der Waals surface area (Å²) >= 11 is 0. The molecule has 0 bridgehead atoms. The highest BCUT2D eigenvalue weighted by Crippen LogP contribution is 2.14. The number of Topliss-reactive ketones (excluding diaryl/α,β-unsaturated/α-hetero) is 1. The molecule has 6 heteroatoms. The second kappa shape index (κ2) is 7.69. The fourth-order valence-corrected chi connectivity index (χ4v) is 1.70. The van der Waals surface area contributed by atoms with Crippen molar-refractivity contribution in [3.63, 3.8) is 0 Å². The van der Waals surface area contributed by atoms with Crippen molar-refractivity contribution in [3.8, 4) is 0 Å². The van der Waals surface area contributed by atoms with E-state index < -0.39 is 29.4 Å². The number of halogens is 2. The third kappa shape index (κ3) is 4.38. The molecule has 0 heterocycles. The van der Waals surface area contributed by atoms with Crippen molar-refractivity contribution >= 4 is 11.8 Å². The number of carbonyl (C=O) groups is 2. The van der Waals surface area contributed by atoms with Crippen LogP contribution in [0.3, 0.4) is 0 Å². The number of esters is 1. The summed E-state index contributed by atoms with van der Waals surface area (Å²) in [5.74, 6) is -2.78. The van der Waals surface area contributed by atoms with Gasteiger partial charge in [-0.1, -0.05) is 6.92 Å². The molecule has 1 N–H and O–H groups in total. The molecule has 4 nitrogen and oxygen atoms in total. The number of hydrogen-bond donors (Lipinski definition) is 1. The fraction of sp³-hybridized carbons (Fsp3) is 0.429. The van der Waals surface area contributed by atoms with Gasteiger partial charge in [0.1, 0.15) is 11.6 Å². The lowest BCUT2D eigenvalue weighted by molar-refractivity contribution is -0.140. The number of hydrogen-bond acceptors (Lipinski definition) is 4. The molecule has 1 aromatic carbocycles. The van der Waals surface area contributed by atoms with Crippen molar-refractivity contribution in [2.24, 2.45) is 0 Å². The molecule has 1 aromatic rings. The van der Waals surface area contributed by atoms with Gasteiger partial charge in [0.05, 0.1) is 25.1 Å². The van der Waals surface area contributed by atoms with Crippen LogP contribution in [0.4, 0.5) is 8.78 Å². The van der Waals surface area contributed by atoms with E-state index in [9.17, 15) is 18.4 Å². The van der Waals surface area contributed by atoms with Gasteiger partial charge in [0, 0.05) is 0 Å². The molecule has 0 fully saturated rings. The molecule has 0 aliphatic heterocycles. The Morgan fingerprint density at radius 1 is 1.35 bits per heavy atom. The molecule has 0 spiro atoms. The topological polar surface area (TPSA) is 55.4 Å². The van der Waals surface area contributed by atoms with E-state index in [-0.39, 0.29) is 12.0 Å². The first kappa shape index (κ1) is 16.2. The van der Waals surface area contributed by atoms with Crippen molar-refractivity contribution in [2.45, 2.75) is 25.8 Å². The van der Waals surface area contributed by atoms with E-state index in [0.29, 0.717) is 6.54 Å². The first-order valence-corrected chi connectivity index (χ1v) is 6.29. The van der Waals surface area contributed by atoms with Crippen LogP contribution in [0.1, 0.15) is 30.1 Å². The minimum atomic E-state index is -0.932. The highest BCUT2D eigenvalue weighted by atomic mass is 19.1. The maximum Gasteiger partial charge on any atom is 0.307 e. The Labute approximate surface area is 116 Å². The van der Waals surface area contributed by atoms with Gasteiger partial charge < -0.3 is 10.1 Å². The monoisotopic (exact) mass is 285 g/mol. The van der Waals surface area contributed by atoms with Gasteiger partial charge in [-0.25, -0.2) is 8.78 Å². The second-order valence-electron chi connectivity index (χ2n) is 4.28. The first-order valence-electron chi connectivity index (χ1n) is 6.29. The third-order valence-electron chi connectivity index (χ3n) is 2.75. The van der Waals surface area contributed by atoms with Crippen molar-refractivity contribution in [3.05, 3.63) is 35.4 Å². The minimum Gasteiger partial charge on any atom is -0.469 e. The number of benzene rings is 1. The Balaban J connectivity index is 2.96. The summed E-state index contributed by atoms with van der Waals surface area (Å²) < 4.78 is 31.2. The lowest BCUT2D eigenvalue weighted by Gasteiger charge is -2.16. The number of carbonyl (C=O) groups excluding carboxylic acids is 2. The van der Waals surface area contributed by atoms with Crippen LogP contribution >= 0.6 is 0 Å². The van der Waals surface area contributed by atoms with Crippen LogP contribution in [-0.4, -0.2) is 31.4 Å². The second-order valence-corrected chi connectivity index (χ2v) is 4.28. The van der Waals surface area contributed by atoms with Gasteiger partial charge in [0.25, 0.3) is 0 Å². The third-order valence-corrected chi connectivity index (χ3v) is 2.75. The average molecular weight is 285 g/mol. The lowest BCUT2D eigenvalue weighted by atomic mass is 10.0. The van der Waals surface area contributed by atoms with Gasteiger partial charge in [0.15, 0.2) is 5.78 Å². The predicted molar refractivity (Wildman–Crippen MR) is 69.4 cm³/mol. The summed E-state index contributed by atoms with van der Waals surface area (Å²) in [6.07, 6.45) is 0.502. The molecule has 0 saturated carbocycles. The van der Waals surface area contributed by atoms with E-state index in [1.54, 1.807) is 0 Å². The smallest absolute Gasteiger partial charge is 0.307 e. The van der Waals surface area contributed by atoms with Gasteiger partial charge in [-0.05, 0) is 31.2 Å². The summed E-state index contributed by atoms with van der Waals surface area (Å²) in [6.45, 7) is 2.36. The van der Waals surface area contributed by atoms with Gasteiger partial charge >= 0.3 is 5.97 Å².